The van der Waals surface area contributed by atoms with Gasteiger partial charge in [0.05, 0.1) is 0 Å². The van der Waals surface area contributed by atoms with Gasteiger partial charge >= 0.3 is 5.69 Å². The van der Waals surface area contributed by atoms with Gasteiger partial charge in [-0.2, -0.15) is 0 Å². The Labute approximate surface area is 97.9 Å². The highest BCUT2D eigenvalue weighted by Crippen LogP contribution is 2.11. The fourth-order valence-electron chi connectivity index (χ4n) is 1.52. The standard InChI is InChI=1S/C10H16N4O3/c1-6(2)4-14-8(11)7(12-5-15)9(16)13(3)10(14)17/h5-6H,4,11H2,1-3H3,(H,12,15). The number of nitrogens with zero attached hydrogens (tertiary/aromatic N) is 2. The molecule has 17 heavy (non-hydrogen) atoms. The van der Waals surface area contributed by atoms with E-state index in [9.17, 15) is 14.4 Å². The van der Waals surface area contributed by atoms with E-state index in [0.29, 0.717) is 13.0 Å². The van der Waals surface area contributed by atoms with Crippen LogP contribution >= 0.6 is 0 Å². The summed E-state index contributed by atoms with van der Waals surface area (Å²) in [5.74, 6) is 0.176. The summed E-state index contributed by atoms with van der Waals surface area (Å²) >= 11 is 0. The van der Waals surface area contributed by atoms with Gasteiger partial charge in [0.25, 0.3) is 5.56 Å². The maximum atomic E-state index is 11.8. The van der Waals surface area contributed by atoms with Gasteiger partial charge in [0.1, 0.15) is 11.5 Å². The topological polar surface area (TPSA) is 99.1 Å². The molecule has 0 radical (unpaired) electrons. The Bertz CT molecular complexity index is 542. The second kappa shape index (κ2) is 4.86. The van der Waals surface area contributed by atoms with Crippen molar-refractivity contribution in [3.05, 3.63) is 20.8 Å². The van der Waals surface area contributed by atoms with Gasteiger partial charge in [-0.25, -0.2) is 4.79 Å². The molecule has 7 heteroatoms. The Hall–Kier alpha value is -2.05. The van der Waals surface area contributed by atoms with E-state index in [4.69, 9.17) is 5.73 Å². The lowest BCUT2D eigenvalue weighted by Crippen LogP contribution is -2.41. The molecule has 0 aliphatic rings. The van der Waals surface area contributed by atoms with Gasteiger partial charge in [-0.1, -0.05) is 13.8 Å². The molecule has 1 heterocycles. The maximum absolute atomic E-state index is 11.8. The molecule has 0 unspecified atom stereocenters. The van der Waals surface area contributed by atoms with Gasteiger partial charge in [0, 0.05) is 13.6 Å². The van der Waals surface area contributed by atoms with Gasteiger partial charge in [0.2, 0.25) is 6.41 Å². The van der Waals surface area contributed by atoms with Crippen molar-refractivity contribution >= 4 is 17.9 Å². The fraction of sp³-hybridized carbons (Fsp3) is 0.500. The monoisotopic (exact) mass is 240 g/mol. The molecule has 0 saturated heterocycles. The number of carbonyl (C=O) groups is 1. The van der Waals surface area contributed by atoms with Crippen LogP contribution in [0, 0.1) is 5.92 Å². The predicted octanol–water partition coefficient (Wildman–Crippen LogP) is -0.646. The molecule has 0 bridgehead atoms. The average Bonchev–Trinajstić information content (AvgIpc) is 2.27. The van der Waals surface area contributed by atoms with Crippen molar-refractivity contribution in [2.24, 2.45) is 13.0 Å². The Morgan fingerprint density at radius 3 is 2.47 bits per heavy atom. The molecular weight excluding hydrogens is 224 g/mol. The van der Waals surface area contributed by atoms with E-state index in [0.717, 1.165) is 4.57 Å². The second-order valence-corrected chi connectivity index (χ2v) is 4.17. The van der Waals surface area contributed by atoms with Crippen molar-refractivity contribution in [2.45, 2.75) is 20.4 Å². The molecule has 0 atom stereocenters. The number of rotatable bonds is 4. The van der Waals surface area contributed by atoms with Gasteiger partial charge < -0.3 is 11.1 Å². The van der Waals surface area contributed by atoms with Gasteiger partial charge in [0.15, 0.2) is 0 Å². The number of nitrogen functional groups attached to an aromatic ring is 1. The minimum Gasteiger partial charge on any atom is -0.383 e. The molecule has 94 valence electrons. The van der Waals surface area contributed by atoms with E-state index >= 15 is 0 Å². The maximum Gasteiger partial charge on any atom is 0.332 e. The third kappa shape index (κ3) is 2.38. The lowest BCUT2D eigenvalue weighted by atomic mass is 10.2. The SMILES string of the molecule is CC(C)Cn1c(N)c(NC=O)c(=O)n(C)c1=O. The predicted molar refractivity (Wildman–Crippen MR) is 64.9 cm³/mol. The summed E-state index contributed by atoms with van der Waals surface area (Å²) in [4.78, 5) is 33.9. The largest absolute Gasteiger partial charge is 0.383 e. The van der Waals surface area contributed by atoms with Crippen LogP contribution in [0.25, 0.3) is 0 Å². The first kappa shape index (κ1) is 13.0. The molecule has 1 amide bonds. The minimum absolute atomic E-state index is 0.0149. The Morgan fingerprint density at radius 2 is 2.00 bits per heavy atom. The van der Waals surface area contributed by atoms with E-state index in [2.05, 4.69) is 5.32 Å². The summed E-state index contributed by atoms with van der Waals surface area (Å²) in [6.45, 7) is 4.22. The number of aromatic nitrogens is 2. The van der Waals surface area contributed by atoms with Crippen molar-refractivity contribution in [3.8, 4) is 0 Å². The Balaban J connectivity index is 3.55. The molecule has 0 aliphatic heterocycles. The molecule has 1 aromatic heterocycles. The smallest absolute Gasteiger partial charge is 0.332 e. The molecule has 0 spiro atoms. The average molecular weight is 240 g/mol. The normalized spacial score (nSPS) is 10.6. The van der Waals surface area contributed by atoms with Crippen molar-refractivity contribution in [1.82, 2.24) is 9.13 Å². The molecule has 0 aliphatic carbocycles. The number of nitrogens with two attached hydrogens (primary N) is 1. The molecule has 3 N–H and O–H groups in total. The third-order valence-corrected chi connectivity index (χ3v) is 2.33. The zero-order chi connectivity index (χ0) is 13.2. The van der Waals surface area contributed by atoms with E-state index in [1.54, 1.807) is 0 Å². The van der Waals surface area contributed by atoms with Gasteiger partial charge in [-0.05, 0) is 5.92 Å². The number of anilines is 2. The number of hydrogen-bond acceptors (Lipinski definition) is 4. The number of nitrogens with one attached hydrogen (secondary N) is 1. The number of carbonyl (C=O) groups excluding carboxylic acids is 1. The molecule has 0 aromatic carbocycles. The molecule has 7 nitrogen and oxygen atoms in total. The molecule has 0 fully saturated rings. The van der Waals surface area contributed by atoms with Gasteiger partial charge in [-0.15, -0.1) is 0 Å². The van der Waals surface area contributed by atoms with Crippen LogP contribution in [0.15, 0.2) is 9.59 Å². The van der Waals surface area contributed by atoms with Crippen molar-refractivity contribution in [1.29, 1.82) is 0 Å². The van der Waals surface area contributed by atoms with E-state index in [1.165, 1.54) is 11.6 Å². The Morgan fingerprint density at radius 1 is 1.41 bits per heavy atom. The Kier molecular flexibility index (Phi) is 3.72. The summed E-state index contributed by atoms with van der Waals surface area (Å²) in [5.41, 5.74) is 4.55. The highest BCUT2D eigenvalue weighted by atomic mass is 16.2. The molecule has 1 aromatic rings. The van der Waals surface area contributed by atoms with Crippen LogP contribution in [0.3, 0.4) is 0 Å². The minimum atomic E-state index is -0.611. The lowest BCUT2D eigenvalue weighted by Gasteiger charge is -2.15. The molecular formula is C10H16N4O3. The van der Waals surface area contributed by atoms with Crippen molar-refractivity contribution in [2.75, 3.05) is 11.1 Å². The molecule has 1 rings (SSSR count). The quantitative estimate of drug-likeness (QED) is 0.683. The third-order valence-electron chi connectivity index (χ3n) is 2.33. The van der Waals surface area contributed by atoms with Crippen LogP contribution in [0.4, 0.5) is 11.5 Å². The van der Waals surface area contributed by atoms with Crippen molar-refractivity contribution < 1.29 is 4.79 Å². The van der Waals surface area contributed by atoms with E-state index in [-0.39, 0.29) is 17.4 Å². The van der Waals surface area contributed by atoms with E-state index in [1.807, 2.05) is 13.8 Å². The summed E-state index contributed by atoms with van der Waals surface area (Å²) in [6.07, 6.45) is 0.358. The summed E-state index contributed by atoms with van der Waals surface area (Å²) in [5, 5.41) is 2.23. The summed E-state index contributed by atoms with van der Waals surface area (Å²) in [7, 11) is 1.34. The zero-order valence-corrected chi connectivity index (χ0v) is 10.1. The van der Waals surface area contributed by atoms with Crippen LogP contribution in [0.5, 0.6) is 0 Å². The molecule has 0 saturated carbocycles. The first-order valence-corrected chi connectivity index (χ1v) is 5.19. The second-order valence-electron chi connectivity index (χ2n) is 4.17. The summed E-state index contributed by atoms with van der Waals surface area (Å²) in [6, 6.07) is 0. The number of amides is 1. The van der Waals surface area contributed by atoms with Crippen molar-refractivity contribution in [3.63, 3.8) is 0 Å². The van der Waals surface area contributed by atoms with Crippen LogP contribution in [-0.4, -0.2) is 15.5 Å². The lowest BCUT2D eigenvalue weighted by molar-refractivity contribution is -0.105. The van der Waals surface area contributed by atoms with Crippen LogP contribution in [0.2, 0.25) is 0 Å². The first-order chi connectivity index (χ1) is 7.90. The van der Waals surface area contributed by atoms with E-state index < -0.39 is 11.2 Å². The van der Waals surface area contributed by atoms with Gasteiger partial charge in [-0.3, -0.25) is 18.7 Å². The first-order valence-electron chi connectivity index (χ1n) is 5.19. The van der Waals surface area contributed by atoms with Crippen LogP contribution < -0.4 is 22.3 Å². The zero-order valence-electron chi connectivity index (χ0n) is 10.1. The number of hydrogen-bond donors (Lipinski definition) is 2. The summed E-state index contributed by atoms with van der Waals surface area (Å²) < 4.78 is 2.20. The van der Waals surface area contributed by atoms with Crippen LogP contribution in [0.1, 0.15) is 13.8 Å². The fourth-order valence-corrected chi connectivity index (χ4v) is 1.52. The highest BCUT2D eigenvalue weighted by molar-refractivity contribution is 5.77. The highest BCUT2D eigenvalue weighted by Gasteiger charge is 2.15. The van der Waals surface area contributed by atoms with Crippen LogP contribution in [-0.2, 0) is 18.4 Å².